The van der Waals surface area contributed by atoms with E-state index >= 15 is 0 Å². The van der Waals surface area contributed by atoms with Gasteiger partial charge in [0.2, 0.25) is 0 Å². The van der Waals surface area contributed by atoms with Crippen LogP contribution < -0.4 is 10.6 Å². The molecule has 2 heterocycles. The summed E-state index contributed by atoms with van der Waals surface area (Å²) in [4.78, 5) is 27.2. The number of fused-ring (bicyclic) bond motifs is 2. The average molecular weight is 383 g/mol. The van der Waals surface area contributed by atoms with E-state index in [9.17, 15) is 9.59 Å². The highest BCUT2D eigenvalue weighted by molar-refractivity contribution is 7.14. The van der Waals surface area contributed by atoms with Crippen LogP contribution in [-0.4, -0.2) is 39.8 Å². The number of aromatic nitrogens is 3. The molecule has 1 aliphatic rings. The molecule has 3 aromatic rings. The van der Waals surface area contributed by atoms with Gasteiger partial charge < -0.3 is 10.6 Å². The highest BCUT2D eigenvalue weighted by Crippen LogP contribution is 2.30. The van der Waals surface area contributed by atoms with Crippen molar-refractivity contribution in [2.75, 3.05) is 6.54 Å². The average Bonchev–Trinajstić information content (AvgIpc) is 3.39. The van der Waals surface area contributed by atoms with Crippen LogP contribution in [0.15, 0.2) is 24.3 Å². The third kappa shape index (κ3) is 3.57. The van der Waals surface area contributed by atoms with Gasteiger partial charge in [-0.15, -0.1) is 11.3 Å². The van der Waals surface area contributed by atoms with E-state index in [2.05, 4.69) is 26.0 Å². The zero-order valence-corrected chi connectivity index (χ0v) is 15.9. The van der Waals surface area contributed by atoms with Crippen molar-refractivity contribution in [2.24, 2.45) is 0 Å². The number of nitrogens with zero attached hydrogens (tertiary/aromatic N) is 2. The maximum absolute atomic E-state index is 12.6. The Kier molecular flexibility index (Phi) is 4.89. The molecule has 140 valence electrons. The van der Waals surface area contributed by atoms with Crippen molar-refractivity contribution in [3.63, 3.8) is 0 Å². The van der Waals surface area contributed by atoms with Crippen LogP contribution in [0.1, 0.15) is 50.2 Å². The lowest BCUT2D eigenvalue weighted by Crippen LogP contribution is -2.43. The summed E-state index contributed by atoms with van der Waals surface area (Å²) in [6, 6.07) is 7.14. The molecule has 8 heteroatoms. The molecule has 27 heavy (non-hydrogen) atoms. The number of thiophene rings is 1. The Morgan fingerprint density at radius 2 is 2.15 bits per heavy atom. The molecule has 2 amide bonds. The Labute approximate surface area is 160 Å². The number of amides is 2. The van der Waals surface area contributed by atoms with Crippen LogP contribution >= 0.6 is 11.3 Å². The number of rotatable bonds is 6. The van der Waals surface area contributed by atoms with Crippen LogP contribution in [0.5, 0.6) is 0 Å². The Hall–Kier alpha value is -2.74. The van der Waals surface area contributed by atoms with Crippen LogP contribution in [0.25, 0.3) is 11.0 Å². The van der Waals surface area contributed by atoms with E-state index < -0.39 is 0 Å². The predicted molar refractivity (Wildman–Crippen MR) is 104 cm³/mol. The fraction of sp³-hybridized carbons (Fsp3) is 0.368. The largest absolute Gasteiger partial charge is 0.349 e. The second-order valence-corrected chi connectivity index (χ2v) is 7.83. The van der Waals surface area contributed by atoms with Crippen molar-refractivity contribution < 1.29 is 9.59 Å². The number of aromatic amines is 1. The number of benzene rings is 1. The van der Waals surface area contributed by atoms with Crippen LogP contribution in [0.3, 0.4) is 0 Å². The molecule has 0 aliphatic heterocycles. The van der Waals surface area contributed by atoms with E-state index in [1.165, 1.54) is 16.9 Å². The summed E-state index contributed by atoms with van der Waals surface area (Å²) in [7, 11) is 0. The number of carbonyl (C=O) groups excluding carboxylic acids is 2. The van der Waals surface area contributed by atoms with Gasteiger partial charge in [0.15, 0.2) is 0 Å². The van der Waals surface area contributed by atoms with Crippen LogP contribution in [0.2, 0.25) is 0 Å². The van der Waals surface area contributed by atoms with E-state index in [0.717, 1.165) is 17.7 Å². The molecule has 0 unspecified atom stereocenters. The van der Waals surface area contributed by atoms with Gasteiger partial charge in [0.1, 0.15) is 11.0 Å². The first-order valence-electron chi connectivity index (χ1n) is 9.16. The normalized spacial score (nSPS) is 14.1. The third-order valence-electron chi connectivity index (χ3n) is 4.90. The van der Waals surface area contributed by atoms with Gasteiger partial charge in [-0.3, -0.25) is 9.59 Å². The summed E-state index contributed by atoms with van der Waals surface area (Å²) in [5.74, 6) is -0.286. The van der Waals surface area contributed by atoms with E-state index in [4.69, 9.17) is 0 Å². The van der Waals surface area contributed by atoms with E-state index in [1.54, 1.807) is 29.5 Å². The number of hydrogen-bond donors (Lipinski definition) is 3. The van der Waals surface area contributed by atoms with Gasteiger partial charge in [-0.05, 0) is 49.4 Å². The summed E-state index contributed by atoms with van der Waals surface area (Å²) in [5.41, 5.74) is 2.98. The number of nitrogens with one attached hydrogen (secondary N) is 3. The molecule has 2 aromatic heterocycles. The standard InChI is InChI=1S/C19H21N5O2S/c1-2-12(10-20-19(26)16-9-11-5-3-8-15(11)27-16)21-18(25)13-6-4-7-14-17(13)23-24-22-14/h4,6-7,9,12H,2-3,5,8,10H2,1H3,(H,20,26)(H,21,25)(H,22,23,24)/t12-/m1/s1. The molecule has 7 nitrogen and oxygen atoms in total. The lowest BCUT2D eigenvalue weighted by atomic mass is 10.1. The van der Waals surface area contributed by atoms with Gasteiger partial charge in [-0.1, -0.05) is 13.0 Å². The number of H-pyrrole nitrogens is 1. The second kappa shape index (κ2) is 7.48. The van der Waals surface area contributed by atoms with Crippen LogP contribution in [0.4, 0.5) is 0 Å². The first-order chi connectivity index (χ1) is 13.2. The second-order valence-electron chi connectivity index (χ2n) is 6.70. The monoisotopic (exact) mass is 383 g/mol. The fourth-order valence-corrected chi connectivity index (χ4v) is 4.53. The lowest BCUT2D eigenvalue weighted by Gasteiger charge is -2.17. The summed E-state index contributed by atoms with van der Waals surface area (Å²) >= 11 is 1.58. The SMILES string of the molecule is CC[C@H](CNC(=O)c1cc2c(s1)CCC2)NC(=O)c1cccc2n[nH]nc12. The van der Waals surface area contributed by atoms with Crippen molar-refractivity contribution in [3.05, 3.63) is 45.1 Å². The number of carbonyl (C=O) groups is 2. The Balaban J connectivity index is 1.38. The molecular formula is C19H21N5O2S. The summed E-state index contributed by atoms with van der Waals surface area (Å²) in [5, 5.41) is 16.5. The smallest absolute Gasteiger partial charge is 0.261 e. The fourth-order valence-electron chi connectivity index (χ4n) is 3.36. The van der Waals surface area contributed by atoms with E-state index in [1.807, 2.05) is 13.0 Å². The molecule has 1 atom stereocenters. The van der Waals surface area contributed by atoms with Crippen molar-refractivity contribution in [3.8, 4) is 0 Å². The number of hydrogen-bond acceptors (Lipinski definition) is 5. The summed E-state index contributed by atoms with van der Waals surface area (Å²) in [6.45, 7) is 2.37. The molecule has 1 aromatic carbocycles. The van der Waals surface area contributed by atoms with Crippen molar-refractivity contribution in [1.29, 1.82) is 0 Å². The molecular weight excluding hydrogens is 362 g/mol. The van der Waals surface area contributed by atoms with Gasteiger partial charge in [0, 0.05) is 17.5 Å². The van der Waals surface area contributed by atoms with Crippen LogP contribution in [0, 0.1) is 0 Å². The zero-order valence-electron chi connectivity index (χ0n) is 15.0. The molecule has 0 spiro atoms. The molecule has 0 saturated carbocycles. The highest BCUT2D eigenvalue weighted by Gasteiger charge is 2.20. The number of para-hydroxylation sites is 1. The van der Waals surface area contributed by atoms with E-state index in [-0.39, 0.29) is 17.9 Å². The number of aryl methyl sites for hydroxylation is 2. The maximum Gasteiger partial charge on any atom is 0.261 e. The lowest BCUT2D eigenvalue weighted by molar-refractivity contribution is 0.0910. The summed E-state index contributed by atoms with van der Waals surface area (Å²) < 4.78 is 0. The molecule has 0 fully saturated rings. The Bertz CT molecular complexity index is 972. The quantitative estimate of drug-likeness (QED) is 0.609. The molecule has 1 aliphatic carbocycles. The van der Waals surface area contributed by atoms with Crippen molar-refractivity contribution in [1.82, 2.24) is 26.0 Å². The van der Waals surface area contributed by atoms with Crippen molar-refractivity contribution >= 4 is 34.2 Å². The van der Waals surface area contributed by atoms with E-state index in [0.29, 0.717) is 29.6 Å². The minimum atomic E-state index is -0.217. The van der Waals surface area contributed by atoms with Gasteiger partial charge >= 0.3 is 0 Å². The Morgan fingerprint density at radius 1 is 1.26 bits per heavy atom. The maximum atomic E-state index is 12.6. The minimum Gasteiger partial charge on any atom is -0.349 e. The predicted octanol–water partition coefficient (Wildman–Crippen LogP) is 2.45. The molecule has 0 radical (unpaired) electrons. The van der Waals surface area contributed by atoms with Gasteiger partial charge in [-0.25, -0.2) is 0 Å². The Morgan fingerprint density at radius 3 is 2.96 bits per heavy atom. The first-order valence-corrected chi connectivity index (χ1v) is 9.97. The molecule has 0 bridgehead atoms. The zero-order chi connectivity index (χ0) is 18.8. The van der Waals surface area contributed by atoms with Gasteiger partial charge in [0.25, 0.3) is 11.8 Å². The molecule has 4 rings (SSSR count). The van der Waals surface area contributed by atoms with Gasteiger partial charge in [0.05, 0.1) is 10.4 Å². The third-order valence-corrected chi connectivity index (χ3v) is 6.13. The topological polar surface area (TPSA) is 99.8 Å². The first kappa shape index (κ1) is 17.7. The minimum absolute atomic E-state index is 0.0688. The van der Waals surface area contributed by atoms with Gasteiger partial charge in [-0.2, -0.15) is 15.4 Å². The van der Waals surface area contributed by atoms with Crippen molar-refractivity contribution in [2.45, 2.75) is 38.6 Å². The summed E-state index contributed by atoms with van der Waals surface area (Å²) in [6.07, 6.45) is 4.04. The highest BCUT2D eigenvalue weighted by atomic mass is 32.1. The van der Waals surface area contributed by atoms with Crippen LogP contribution in [-0.2, 0) is 12.8 Å². The molecule has 0 saturated heterocycles. The molecule has 3 N–H and O–H groups in total.